The molecule has 2 aromatic carbocycles. The van der Waals surface area contributed by atoms with Gasteiger partial charge >= 0.3 is 5.69 Å². The number of ether oxygens (including phenoxy) is 1. The lowest BCUT2D eigenvalue weighted by Crippen LogP contribution is -2.59. The molecule has 0 bridgehead atoms. The van der Waals surface area contributed by atoms with E-state index in [0.29, 0.717) is 66.2 Å². The summed E-state index contributed by atoms with van der Waals surface area (Å²) >= 11 is 0. The average Bonchev–Trinajstić information content (AvgIpc) is 3.36. The highest BCUT2D eigenvalue weighted by Crippen LogP contribution is 2.30. The molecule has 11 nitrogen and oxygen atoms in total. The van der Waals surface area contributed by atoms with Crippen molar-refractivity contribution in [1.82, 2.24) is 29.2 Å². The van der Waals surface area contributed by atoms with Crippen LogP contribution in [0.5, 0.6) is 11.5 Å². The third kappa shape index (κ3) is 6.52. The summed E-state index contributed by atoms with van der Waals surface area (Å²) in [6.45, 7) is 10.8. The van der Waals surface area contributed by atoms with Gasteiger partial charge in [-0.25, -0.2) is 9.78 Å². The molecule has 0 radical (unpaired) electrons. The van der Waals surface area contributed by atoms with Crippen molar-refractivity contribution in [3.63, 3.8) is 0 Å². The summed E-state index contributed by atoms with van der Waals surface area (Å²) in [6.07, 6.45) is 4.79. The first kappa shape index (κ1) is 32.0. The second kappa shape index (κ2) is 13.1. The maximum Gasteiger partial charge on any atom is 0.334 e. The maximum absolute atomic E-state index is 14.2. The van der Waals surface area contributed by atoms with Gasteiger partial charge in [0.2, 0.25) is 0 Å². The number of nitrogens with two attached hydrogens (primary N) is 1. The number of aromatic nitrogens is 3. The van der Waals surface area contributed by atoms with Crippen LogP contribution < -0.4 is 21.5 Å². The van der Waals surface area contributed by atoms with Crippen LogP contribution >= 0.6 is 0 Å². The molecule has 4 aromatic rings. The van der Waals surface area contributed by atoms with Crippen molar-refractivity contribution in [1.29, 1.82) is 5.26 Å². The van der Waals surface area contributed by atoms with E-state index < -0.39 is 5.54 Å². The fraction of sp³-hybridized carbons (Fsp3) is 0.389. The van der Waals surface area contributed by atoms with Crippen LogP contribution in [0.1, 0.15) is 46.6 Å². The molecule has 11 heteroatoms. The van der Waals surface area contributed by atoms with Gasteiger partial charge in [-0.3, -0.25) is 18.8 Å². The number of anilines is 1. The first-order chi connectivity index (χ1) is 22.6. The molecule has 0 saturated carbocycles. The van der Waals surface area contributed by atoms with Crippen LogP contribution in [-0.2, 0) is 4.79 Å². The number of rotatable bonds is 7. The van der Waals surface area contributed by atoms with E-state index in [1.807, 2.05) is 54.6 Å². The van der Waals surface area contributed by atoms with Crippen molar-refractivity contribution in [2.75, 3.05) is 31.9 Å². The Labute approximate surface area is 274 Å². The second-order valence-corrected chi connectivity index (χ2v) is 13.2. The molecule has 2 saturated heterocycles. The SMILES string of the molecule is C[C@@H]1CN(C(C)(C)C=C(C#N)C(=O)N2CCC[C@@H](n3c(=O)n(-c4ccc(Oc5ccccc5)cc4)c4c(N)nccc43)C2)C[C@H](C)N1. The number of piperazine rings is 1. The fourth-order valence-corrected chi connectivity index (χ4v) is 6.97. The van der Waals surface area contributed by atoms with E-state index in [1.165, 1.54) is 0 Å². The average molecular weight is 635 g/mol. The summed E-state index contributed by atoms with van der Waals surface area (Å²) in [4.78, 5) is 36.4. The zero-order valence-corrected chi connectivity index (χ0v) is 27.4. The van der Waals surface area contributed by atoms with Crippen molar-refractivity contribution in [2.24, 2.45) is 0 Å². The standard InChI is InChI=1S/C36H42N8O3/c1-24-21-42(22-25(2)40-24)36(3,4)19-26(20-37)34(45)41-18-8-9-28(23-41)43-31-16-17-39-33(38)32(31)44(35(43)46)27-12-14-30(15-13-27)47-29-10-6-5-7-11-29/h5-7,10-17,19,24-25,28,40H,8-9,18,21-23H2,1-4H3,(H2,38,39)/t24-,25+,28-/m1/s1. The minimum absolute atomic E-state index is 0.121. The van der Waals surface area contributed by atoms with E-state index >= 15 is 0 Å². The number of carbonyl (C=O) groups excluding carboxylic acids is 1. The zero-order valence-electron chi connectivity index (χ0n) is 27.4. The number of fused-ring (bicyclic) bond motifs is 1. The van der Waals surface area contributed by atoms with E-state index in [-0.39, 0.29) is 29.0 Å². The van der Waals surface area contributed by atoms with Gasteiger partial charge in [-0.15, -0.1) is 0 Å². The van der Waals surface area contributed by atoms with E-state index in [2.05, 4.69) is 49.0 Å². The summed E-state index contributed by atoms with van der Waals surface area (Å²) in [5, 5.41) is 13.7. The monoisotopic (exact) mass is 634 g/mol. The lowest BCUT2D eigenvalue weighted by molar-refractivity contribution is -0.128. The Hall–Kier alpha value is -4.92. The number of pyridine rings is 1. The van der Waals surface area contributed by atoms with Crippen molar-refractivity contribution in [2.45, 2.75) is 64.2 Å². The molecular weight excluding hydrogens is 592 g/mol. The summed E-state index contributed by atoms with van der Waals surface area (Å²) < 4.78 is 9.25. The lowest BCUT2D eigenvalue weighted by atomic mass is 9.95. The van der Waals surface area contributed by atoms with Gasteiger partial charge in [0.1, 0.15) is 34.5 Å². The van der Waals surface area contributed by atoms with Crippen LogP contribution in [0.2, 0.25) is 0 Å². The number of imidazole rings is 1. The van der Waals surface area contributed by atoms with E-state index in [1.54, 1.807) is 32.4 Å². The Kier molecular flexibility index (Phi) is 8.90. The molecule has 6 rings (SSSR count). The summed E-state index contributed by atoms with van der Waals surface area (Å²) in [5.74, 6) is 1.27. The number of hydrogen-bond donors (Lipinski definition) is 2. The molecule has 3 atom stereocenters. The van der Waals surface area contributed by atoms with Crippen molar-refractivity contribution in [3.8, 4) is 23.3 Å². The van der Waals surface area contributed by atoms with Gasteiger partial charge in [0.15, 0.2) is 0 Å². The molecule has 2 aliphatic rings. The molecule has 1 amide bonds. The number of piperidine rings is 1. The first-order valence-corrected chi connectivity index (χ1v) is 16.2. The number of nitrogen functional groups attached to an aromatic ring is 1. The van der Waals surface area contributed by atoms with Crippen molar-refractivity contribution >= 4 is 22.8 Å². The number of para-hydroxylation sites is 1. The van der Waals surface area contributed by atoms with Crippen LogP contribution in [0.4, 0.5) is 5.82 Å². The lowest BCUT2D eigenvalue weighted by Gasteiger charge is -2.44. The van der Waals surface area contributed by atoms with Crippen LogP contribution in [0.3, 0.4) is 0 Å². The summed E-state index contributed by atoms with van der Waals surface area (Å²) in [5.41, 5.74) is 7.52. The molecule has 2 aromatic heterocycles. The number of nitriles is 1. The van der Waals surface area contributed by atoms with Gasteiger partial charge in [0.25, 0.3) is 5.91 Å². The van der Waals surface area contributed by atoms with Crippen LogP contribution in [0, 0.1) is 11.3 Å². The second-order valence-electron chi connectivity index (χ2n) is 13.2. The first-order valence-electron chi connectivity index (χ1n) is 16.2. The Balaban J connectivity index is 1.29. The molecule has 47 heavy (non-hydrogen) atoms. The van der Waals surface area contributed by atoms with Crippen LogP contribution in [-0.4, -0.2) is 73.6 Å². The quantitative estimate of drug-likeness (QED) is 0.222. The van der Waals surface area contributed by atoms with Crippen LogP contribution in [0.15, 0.2) is 83.3 Å². The molecule has 3 N–H and O–H groups in total. The number of nitrogens with zero attached hydrogens (tertiary/aromatic N) is 6. The highest BCUT2D eigenvalue weighted by molar-refractivity contribution is 5.97. The minimum atomic E-state index is -0.489. The number of benzene rings is 2. The number of carbonyl (C=O) groups is 1. The highest BCUT2D eigenvalue weighted by Gasteiger charge is 2.34. The molecule has 244 valence electrons. The summed E-state index contributed by atoms with van der Waals surface area (Å²) in [7, 11) is 0. The molecule has 0 spiro atoms. The normalized spacial score (nSPS) is 21.0. The molecule has 0 aliphatic carbocycles. The Bertz CT molecular complexity index is 1880. The fourth-order valence-electron chi connectivity index (χ4n) is 6.97. The number of hydrogen-bond acceptors (Lipinski definition) is 8. The van der Waals surface area contributed by atoms with Gasteiger partial charge in [0.05, 0.1) is 17.2 Å². The van der Waals surface area contributed by atoms with Gasteiger partial charge in [-0.2, -0.15) is 5.26 Å². The molecular formula is C36H42N8O3. The van der Waals surface area contributed by atoms with E-state index in [9.17, 15) is 14.9 Å². The predicted octanol–water partition coefficient (Wildman–Crippen LogP) is 4.64. The number of nitrogens with one attached hydrogen (secondary N) is 1. The number of amides is 1. The van der Waals surface area contributed by atoms with Gasteiger partial charge in [0, 0.05) is 50.0 Å². The van der Waals surface area contributed by atoms with E-state index in [4.69, 9.17) is 10.5 Å². The topological polar surface area (TPSA) is 134 Å². The van der Waals surface area contributed by atoms with E-state index in [0.717, 1.165) is 13.1 Å². The third-order valence-electron chi connectivity index (χ3n) is 9.16. The van der Waals surface area contributed by atoms with Crippen molar-refractivity contribution < 1.29 is 9.53 Å². The van der Waals surface area contributed by atoms with Gasteiger partial charge in [-0.05, 0) is 89.1 Å². The zero-order chi connectivity index (χ0) is 33.3. The molecule has 2 fully saturated rings. The summed E-state index contributed by atoms with van der Waals surface area (Å²) in [6, 6.07) is 21.0. The third-order valence-corrected chi connectivity index (χ3v) is 9.16. The molecule has 4 heterocycles. The Morgan fingerprint density at radius 1 is 1.04 bits per heavy atom. The molecule has 2 aliphatic heterocycles. The van der Waals surface area contributed by atoms with Crippen LogP contribution in [0.25, 0.3) is 16.7 Å². The number of likely N-dealkylation sites (tertiary alicyclic amines) is 1. The largest absolute Gasteiger partial charge is 0.457 e. The highest BCUT2D eigenvalue weighted by atomic mass is 16.5. The molecule has 0 unspecified atom stereocenters. The Morgan fingerprint density at radius 2 is 1.72 bits per heavy atom. The minimum Gasteiger partial charge on any atom is -0.457 e. The maximum atomic E-state index is 14.2. The van der Waals surface area contributed by atoms with Crippen molar-refractivity contribution in [3.05, 3.63) is 89.0 Å². The predicted molar refractivity (Wildman–Crippen MR) is 183 cm³/mol. The van der Waals surface area contributed by atoms with Gasteiger partial charge < -0.3 is 20.7 Å². The smallest absolute Gasteiger partial charge is 0.334 e. The van der Waals surface area contributed by atoms with Gasteiger partial charge in [-0.1, -0.05) is 18.2 Å². The Morgan fingerprint density at radius 3 is 2.40 bits per heavy atom.